The fourth-order valence-electron chi connectivity index (χ4n) is 3.02. The molecular weight excluding hydrogens is 260 g/mol. The fraction of sp³-hybridized carbons (Fsp3) is 0.632. The number of carbonyl (C=O) groups is 1. The summed E-state index contributed by atoms with van der Waals surface area (Å²) in [4.78, 5) is 12.2. The molecule has 0 unspecified atom stereocenters. The van der Waals surface area contributed by atoms with Crippen molar-refractivity contribution in [1.29, 1.82) is 0 Å². The van der Waals surface area contributed by atoms with Crippen LogP contribution < -0.4 is 4.74 Å². The van der Waals surface area contributed by atoms with Gasteiger partial charge in [0.05, 0.1) is 0 Å². The monoisotopic (exact) mass is 288 g/mol. The highest BCUT2D eigenvalue weighted by Gasteiger charge is 2.24. The van der Waals surface area contributed by atoms with Crippen molar-refractivity contribution >= 4 is 5.78 Å². The second kappa shape index (κ2) is 6.64. The zero-order chi connectivity index (χ0) is 15.5. The lowest BCUT2D eigenvalue weighted by atomic mass is 9.85. The van der Waals surface area contributed by atoms with Crippen LogP contribution in [0.4, 0.5) is 0 Å². The Labute approximate surface area is 128 Å². The van der Waals surface area contributed by atoms with Gasteiger partial charge in [-0.25, -0.2) is 0 Å². The van der Waals surface area contributed by atoms with Gasteiger partial charge in [-0.1, -0.05) is 52.7 Å². The van der Waals surface area contributed by atoms with Crippen LogP contribution in [0.5, 0.6) is 5.75 Å². The van der Waals surface area contributed by atoms with Crippen molar-refractivity contribution in [2.45, 2.75) is 65.2 Å². The van der Waals surface area contributed by atoms with Gasteiger partial charge in [0, 0.05) is 5.92 Å². The van der Waals surface area contributed by atoms with Gasteiger partial charge in [-0.3, -0.25) is 4.79 Å². The maximum atomic E-state index is 12.2. The normalized spacial score (nSPS) is 16.2. The van der Waals surface area contributed by atoms with Gasteiger partial charge in [0.1, 0.15) is 12.4 Å². The molecule has 0 aliphatic heterocycles. The molecule has 1 aromatic carbocycles. The molecule has 2 rings (SSSR count). The summed E-state index contributed by atoms with van der Waals surface area (Å²) in [6.07, 6.45) is 5.49. The summed E-state index contributed by atoms with van der Waals surface area (Å²) < 4.78 is 5.89. The van der Waals surface area contributed by atoms with E-state index in [1.165, 1.54) is 24.0 Å². The van der Waals surface area contributed by atoms with E-state index in [1.54, 1.807) is 0 Å². The summed E-state index contributed by atoms with van der Waals surface area (Å²) in [6, 6.07) is 6.35. The van der Waals surface area contributed by atoms with Crippen molar-refractivity contribution in [2.75, 3.05) is 6.61 Å². The molecule has 0 heterocycles. The van der Waals surface area contributed by atoms with Crippen molar-refractivity contribution in [1.82, 2.24) is 0 Å². The molecular formula is C19H28O2. The van der Waals surface area contributed by atoms with Crippen LogP contribution >= 0.6 is 0 Å². The predicted molar refractivity (Wildman–Crippen MR) is 87.0 cm³/mol. The van der Waals surface area contributed by atoms with Crippen molar-refractivity contribution in [2.24, 2.45) is 5.92 Å². The van der Waals surface area contributed by atoms with E-state index in [0.29, 0.717) is 0 Å². The molecule has 0 amide bonds. The van der Waals surface area contributed by atoms with E-state index >= 15 is 0 Å². The smallest absolute Gasteiger partial charge is 0.173 e. The van der Waals surface area contributed by atoms with Crippen LogP contribution in [-0.4, -0.2) is 12.4 Å². The number of hydrogen-bond acceptors (Lipinski definition) is 2. The molecule has 1 saturated carbocycles. The molecule has 0 saturated heterocycles. The third kappa shape index (κ3) is 4.09. The molecule has 1 aliphatic carbocycles. The second-order valence-electron chi connectivity index (χ2n) is 7.17. The SMILES string of the molecule is CCc1ccc(OCC(=O)C2CCCC2)c(C(C)(C)C)c1. The first-order valence-electron chi connectivity index (χ1n) is 8.20. The van der Waals surface area contributed by atoms with Crippen molar-refractivity contribution in [3.63, 3.8) is 0 Å². The molecule has 2 nitrogen and oxygen atoms in total. The number of hydrogen-bond donors (Lipinski definition) is 0. The number of ether oxygens (including phenoxy) is 1. The van der Waals surface area contributed by atoms with Gasteiger partial charge in [-0.05, 0) is 41.9 Å². The molecule has 1 aromatic rings. The molecule has 0 aromatic heterocycles. The Kier molecular flexibility index (Phi) is 5.08. The quantitative estimate of drug-likeness (QED) is 0.786. The summed E-state index contributed by atoms with van der Waals surface area (Å²) in [5.41, 5.74) is 2.53. The largest absolute Gasteiger partial charge is 0.486 e. The van der Waals surface area contributed by atoms with Crippen LogP contribution in [0.15, 0.2) is 18.2 Å². The number of carbonyl (C=O) groups excluding carboxylic acids is 1. The van der Waals surface area contributed by atoms with Gasteiger partial charge in [0.2, 0.25) is 0 Å². The third-order valence-corrected chi connectivity index (χ3v) is 4.44. The van der Waals surface area contributed by atoms with Crippen LogP contribution in [0.2, 0.25) is 0 Å². The molecule has 0 bridgehead atoms. The first-order chi connectivity index (χ1) is 9.91. The Morgan fingerprint density at radius 3 is 2.48 bits per heavy atom. The maximum absolute atomic E-state index is 12.2. The van der Waals surface area contributed by atoms with E-state index in [-0.39, 0.29) is 23.7 Å². The lowest BCUT2D eigenvalue weighted by Gasteiger charge is -2.24. The van der Waals surface area contributed by atoms with Crippen molar-refractivity contribution in [3.05, 3.63) is 29.3 Å². The Morgan fingerprint density at radius 1 is 1.24 bits per heavy atom. The fourth-order valence-corrected chi connectivity index (χ4v) is 3.02. The van der Waals surface area contributed by atoms with Crippen LogP contribution in [-0.2, 0) is 16.6 Å². The highest BCUT2D eigenvalue weighted by molar-refractivity contribution is 5.82. The molecule has 0 radical (unpaired) electrons. The van der Waals surface area contributed by atoms with Gasteiger partial charge >= 0.3 is 0 Å². The number of benzene rings is 1. The number of ketones is 1. The van der Waals surface area contributed by atoms with Gasteiger partial charge in [0.15, 0.2) is 5.78 Å². The zero-order valence-electron chi connectivity index (χ0n) is 13.9. The lowest BCUT2D eigenvalue weighted by molar-refractivity contribution is -0.124. The standard InChI is InChI=1S/C19H28O2/c1-5-14-10-11-18(16(12-14)19(2,3)4)21-13-17(20)15-8-6-7-9-15/h10-12,15H,5-9,13H2,1-4H3. The van der Waals surface area contributed by atoms with Crippen LogP contribution in [0, 0.1) is 5.92 Å². The molecule has 0 spiro atoms. The third-order valence-electron chi connectivity index (χ3n) is 4.44. The van der Waals surface area contributed by atoms with E-state index in [2.05, 4.69) is 39.8 Å². The summed E-state index contributed by atoms with van der Waals surface area (Å²) >= 11 is 0. The summed E-state index contributed by atoms with van der Waals surface area (Å²) in [5.74, 6) is 1.37. The highest BCUT2D eigenvalue weighted by Crippen LogP contribution is 2.33. The van der Waals surface area contributed by atoms with Crippen molar-refractivity contribution < 1.29 is 9.53 Å². The molecule has 1 aliphatic rings. The van der Waals surface area contributed by atoms with E-state index in [4.69, 9.17) is 4.74 Å². The minimum atomic E-state index is 0.0247. The Morgan fingerprint density at radius 2 is 1.90 bits per heavy atom. The number of rotatable bonds is 5. The maximum Gasteiger partial charge on any atom is 0.173 e. The average Bonchev–Trinajstić information content (AvgIpc) is 2.97. The number of Topliss-reactive ketones (excluding diaryl/α,β-unsaturated/α-hetero) is 1. The molecule has 21 heavy (non-hydrogen) atoms. The molecule has 116 valence electrons. The molecule has 2 heteroatoms. The van der Waals surface area contributed by atoms with E-state index in [0.717, 1.165) is 25.0 Å². The lowest BCUT2D eigenvalue weighted by Crippen LogP contribution is -2.21. The van der Waals surface area contributed by atoms with E-state index in [1.807, 2.05) is 6.07 Å². The highest BCUT2D eigenvalue weighted by atomic mass is 16.5. The summed E-state index contributed by atoms with van der Waals surface area (Å²) in [5, 5.41) is 0. The summed E-state index contributed by atoms with van der Waals surface area (Å²) in [6.45, 7) is 8.94. The first kappa shape index (κ1) is 16.1. The van der Waals surface area contributed by atoms with E-state index < -0.39 is 0 Å². The van der Waals surface area contributed by atoms with Crippen LogP contribution in [0.25, 0.3) is 0 Å². The van der Waals surface area contributed by atoms with Gasteiger partial charge < -0.3 is 4.74 Å². The first-order valence-corrected chi connectivity index (χ1v) is 8.20. The topological polar surface area (TPSA) is 26.3 Å². The molecule has 0 atom stereocenters. The minimum absolute atomic E-state index is 0.0247. The molecule has 1 fully saturated rings. The van der Waals surface area contributed by atoms with Gasteiger partial charge in [-0.15, -0.1) is 0 Å². The van der Waals surface area contributed by atoms with Gasteiger partial charge in [0.25, 0.3) is 0 Å². The summed E-state index contributed by atoms with van der Waals surface area (Å²) in [7, 11) is 0. The van der Waals surface area contributed by atoms with Gasteiger partial charge in [-0.2, -0.15) is 0 Å². The Balaban J connectivity index is 2.10. The van der Waals surface area contributed by atoms with E-state index in [9.17, 15) is 4.79 Å². The molecule has 0 N–H and O–H groups in total. The van der Waals surface area contributed by atoms with Crippen LogP contribution in [0.1, 0.15) is 64.5 Å². The predicted octanol–water partition coefficient (Wildman–Crippen LogP) is 4.68. The zero-order valence-corrected chi connectivity index (χ0v) is 13.9. The van der Waals surface area contributed by atoms with Crippen LogP contribution in [0.3, 0.4) is 0 Å². The minimum Gasteiger partial charge on any atom is -0.486 e. The second-order valence-corrected chi connectivity index (χ2v) is 7.17. The Hall–Kier alpha value is -1.31. The Bertz CT molecular complexity index is 491. The average molecular weight is 288 g/mol. The van der Waals surface area contributed by atoms with Crippen molar-refractivity contribution in [3.8, 4) is 5.75 Å². The number of aryl methyl sites for hydroxylation is 1.